The maximum absolute atomic E-state index is 12.5. The number of rotatable bonds is 6. The Kier molecular flexibility index (Phi) is 5.24. The fraction of sp³-hybridized carbons (Fsp3) is 0.0870. The predicted octanol–water partition coefficient (Wildman–Crippen LogP) is 4.35. The van der Waals surface area contributed by atoms with Crippen molar-refractivity contribution in [1.82, 2.24) is 15.3 Å². The van der Waals surface area contributed by atoms with E-state index in [2.05, 4.69) is 32.7 Å². The summed E-state index contributed by atoms with van der Waals surface area (Å²) in [5.74, 6) is -0.136. The van der Waals surface area contributed by atoms with Gasteiger partial charge in [-0.3, -0.25) is 14.8 Å². The number of hydrogen-bond donors (Lipinski definition) is 2. The van der Waals surface area contributed by atoms with E-state index in [1.54, 1.807) is 24.7 Å². The van der Waals surface area contributed by atoms with Crippen molar-refractivity contribution < 1.29 is 4.79 Å². The number of nitrogens with one attached hydrogen (secondary N) is 2. The molecular formula is C23H20N4O. The molecule has 4 rings (SSSR count). The second-order valence-corrected chi connectivity index (χ2v) is 6.46. The molecule has 4 aromatic rings. The Labute approximate surface area is 163 Å². The number of aromatic nitrogens is 2. The SMILES string of the molecule is O=C(NCCc1ccccc1)c1cncc(Nc2cccc3cccnc23)c1. The van der Waals surface area contributed by atoms with E-state index in [1.165, 1.54) is 5.56 Å². The van der Waals surface area contributed by atoms with E-state index in [1.807, 2.05) is 48.5 Å². The van der Waals surface area contributed by atoms with Gasteiger partial charge in [-0.1, -0.05) is 48.5 Å². The molecule has 2 N–H and O–H groups in total. The summed E-state index contributed by atoms with van der Waals surface area (Å²) in [6, 6.07) is 21.8. The van der Waals surface area contributed by atoms with Gasteiger partial charge in [0, 0.05) is 24.3 Å². The molecule has 2 aromatic carbocycles. The number of amides is 1. The summed E-state index contributed by atoms with van der Waals surface area (Å²) in [4.78, 5) is 21.1. The number of carbonyl (C=O) groups excluding carboxylic acids is 1. The molecule has 0 bridgehead atoms. The lowest BCUT2D eigenvalue weighted by Crippen LogP contribution is -2.25. The van der Waals surface area contributed by atoms with Crippen molar-refractivity contribution >= 4 is 28.2 Å². The van der Waals surface area contributed by atoms with Crippen molar-refractivity contribution in [3.05, 3.63) is 96.4 Å². The smallest absolute Gasteiger partial charge is 0.252 e. The number of carbonyl (C=O) groups is 1. The third kappa shape index (κ3) is 4.15. The lowest BCUT2D eigenvalue weighted by atomic mass is 10.1. The van der Waals surface area contributed by atoms with E-state index in [0.29, 0.717) is 12.1 Å². The van der Waals surface area contributed by atoms with Crippen LogP contribution < -0.4 is 10.6 Å². The highest BCUT2D eigenvalue weighted by molar-refractivity contribution is 5.96. The third-order valence-corrected chi connectivity index (χ3v) is 4.45. The lowest BCUT2D eigenvalue weighted by molar-refractivity contribution is 0.0954. The monoisotopic (exact) mass is 368 g/mol. The minimum Gasteiger partial charge on any atom is -0.352 e. The second kappa shape index (κ2) is 8.31. The van der Waals surface area contributed by atoms with Crippen LogP contribution in [-0.2, 0) is 6.42 Å². The van der Waals surface area contributed by atoms with E-state index in [0.717, 1.165) is 28.7 Å². The van der Waals surface area contributed by atoms with Gasteiger partial charge < -0.3 is 10.6 Å². The average Bonchev–Trinajstić information content (AvgIpc) is 2.75. The normalized spacial score (nSPS) is 10.6. The molecule has 5 heteroatoms. The lowest BCUT2D eigenvalue weighted by Gasteiger charge is -2.10. The topological polar surface area (TPSA) is 66.9 Å². The molecule has 0 fully saturated rings. The van der Waals surface area contributed by atoms with Gasteiger partial charge in [0.15, 0.2) is 0 Å². The van der Waals surface area contributed by atoms with Gasteiger partial charge in [0.05, 0.1) is 28.7 Å². The molecule has 0 aliphatic carbocycles. The Bertz CT molecular complexity index is 1090. The number of pyridine rings is 2. The molecule has 1 amide bonds. The first kappa shape index (κ1) is 17.7. The standard InChI is InChI=1S/C23H20N4O/c28-23(26-13-11-17-6-2-1-3-7-17)19-14-20(16-24-15-19)27-21-10-4-8-18-9-5-12-25-22(18)21/h1-10,12,14-16,27H,11,13H2,(H,26,28). The highest BCUT2D eigenvalue weighted by Crippen LogP contribution is 2.24. The fourth-order valence-corrected chi connectivity index (χ4v) is 3.06. The van der Waals surface area contributed by atoms with Crippen LogP contribution in [0.15, 0.2) is 85.3 Å². The zero-order valence-electron chi connectivity index (χ0n) is 15.3. The number of para-hydroxylation sites is 1. The van der Waals surface area contributed by atoms with Crippen molar-refractivity contribution in [2.75, 3.05) is 11.9 Å². The van der Waals surface area contributed by atoms with Crippen LogP contribution in [0.2, 0.25) is 0 Å². The third-order valence-electron chi connectivity index (χ3n) is 4.45. The Hall–Kier alpha value is -3.73. The van der Waals surface area contributed by atoms with Crippen LogP contribution in [0.1, 0.15) is 15.9 Å². The first-order valence-corrected chi connectivity index (χ1v) is 9.17. The minimum absolute atomic E-state index is 0.136. The molecule has 0 radical (unpaired) electrons. The van der Waals surface area contributed by atoms with E-state index in [-0.39, 0.29) is 5.91 Å². The van der Waals surface area contributed by atoms with Crippen LogP contribution in [0.4, 0.5) is 11.4 Å². The molecule has 5 nitrogen and oxygen atoms in total. The summed E-state index contributed by atoms with van der Waals surface area (Å²) in [5, 5.41) is 7.32. The van der Waals surface area contributed by atoms with Gasteiger partial charge in [-0.15, -0.1) is 0 Å². The van der Waals surface area contributed by atoms with Crippen molar-refractivity contribution in [1.29, 1.82) is 0 Å². The van der Waals surface area contributed by atoms with Gasteiger partial charge in [-0.05, 0) is 30.2 Å². The van der Waals surface area contributed by atoms with E-state index >= 15 is 0 Å². The Morgan fingerprint density at radius 2 is 1.79 bits per heavy atom. The van der Waals surface area contributed by atoms with Crippen molar-refractivity contribution in [2.24, 2.45) is 0 Å². The molecule has 0 aliphatic heterocycles. The van der Waals surface area contributed by atoms with Crippen LogP contribution in [0, 0.1) is 0 Å². The van der Waals surface area contributed by atoms with Crippen molar-refractivity contribution in [3.8, 4) is 0 Å². The van der Waals surface area contributed by atoms with Crippen LogP contribution in [-0.4, -0.2) is 22.4 Å². The number of fused-ring (bicyclic) bond motifs is 1. The van der Waals surface area contributed by atoms with Crippen LogP contribution in [0.3, 0.4) is 0 Å². The Morgan fingerprint density at radius 3 is 2.68 bits per heavy atom. The molecule has 2 aromatic heterocycles. The van der Waals surface area contributed by atoms with Crippen LogP contribution in [0.5, 0.6) is 0 Å². The Balaban J connectivity index is 1.44. The fourth-order valence-electron chi connectivity index (χ4n) is 3.06. The number of nitrogens with zero attached hydrogens (tertiary/aromatic N) is 2. The summed E-state index contributed by atoms with van der Waals surface area (Å²) in [5.41, 5.74) is 4.21. The number of benzene rings is 2. The molecule has 0 saturated carbocycles. The Morgan fingerprint density at radius 1 is 0.929 bits per heavy atom. The van der Waals surface area contributed by atoms with Crippen LogP contribution in [0.25, 0.3) is 10.9 Å². The van der Waals surface area contributed by atoms with Gasteiger partial charge in [0.25, 0.3) is 5.91 Å². The molecule has 28 heavy (non-hydrogen) atoms. The van der Waals surface area contributed by atoms with Gasteiger partial charge in [-0.25, -0.2) is 0 Å². The van der Waals surface area contributed by atoms with E-state index in [4.69, 9.17) is 0 Å². The predicted molar refractivity (Wildman–Crippen MR) is 112 cm³/mol. The van der Waals surface area contributed by atoms with Gasteiger partial charge in [0.1, 0.15) is 0 Å². The zero-order valence-corrected chi connectivity index (χ0v) is 15.3. The first-order chi connectivity index (χ1) is 13.8. The number of hydrogen-bond acceptors (Lipinski definition) is 4. The summed E-state index contributed by atoms with van der Waals surface area (Å²) in [6.07, 6.45) is 5.83. The highest BCUT2D eigenvalue weighted by Gasteiger charge is 2.08. The van der Waals surface area contributed by atoms with E-state index < -0.39 is 0 Å². The van der Waals surface area contributed by atoms with Gasteiger partial charge >= 0.3 is 0 Å². The van der Waals surface area contributed by atoms with E-state index in [9.17, 15) is 4.79 Å². The van der Waals surface area contributed by atoms with Crippen molar-refractivity contribution in [2.45, 2.75) is 6.42 Å². The average molecular weight is 368 g/mol. The maximum Gasteiger partial charge on any atom is 0.252 e. The first-order valence-electron chi connectivity index (χ1n) is 9.17. The molecular weight excluding hydrogens is 348 g/mol. The molecule has 2 heterocycles. The summed E-state index contributed by atoms with van der Waals surface area (Å²) in [7, 11) is 0. The molecule has 0 spiro atoms. The van der Waals surface area contributed by atoms with Crippen LogP contribution >= 0.6 is 0 Å². The van der Waals surface area contributed by atoms with Crippen molar-refractivity contribution in [3.63, 3.8) is 0 Å². The molecule has 0 unspecified atom stereocenters. The molecule has 138 valence electrons. The van der Waals surface area contributed by atoms with Gasteiger partial charge in [-0.2, -0.15) is 0 Å². The molecule has 0 aliphatic rings. The molecule has 0 atom stereocenters. The maximum atomic E-state index is 12.5. The van der Waals surface area contributed by atoms with Gasteiger partial charge in [0.2, 0.25) is 0 Å². The summed E-state index contributed by atoms with van der Waals surface area (Å²) < 4.78 is 0. The minimum atomic E-state index is -0.136. The quantitative estimate of drug-likeness (QED) is 0.531. The zero-order chi connectivity index (χ0) is 19.2. The molecule has 0 saturated heterocycles. The second-order valence-electron chi connectivity index (χ2n) is 6.46. The highest BCUT2D eigenvalue weighted by atomic mass is 16.1. The summed E-state index contributed by atoms with van der Waals surface area (Å²) >= 11 is 0. The number of anilines is 2. The largest absolute Gasteiger partial charge is 0.352 e. The summed E-state index contributed by atoms with van der Waals surface area (Å²) in [6.45, 7) is 0.577.